The van der Waals surface area contributed by atoms with E-state index in [4.69, 9.17) is 5.11 Å². The summed E-state index contributed by atoms with van der Waals surface area (Å²) in [7, 11) is 1.67. The Kier molecular flexibility index (Phi) is 3.45. The van der Waals surface area contributed by atoms with Gasteiger partial charge >= 0.3 is 12.0 Å². The Bertz CT molecular complexity index is 454. The summed E-state index contributed by atoms with van der Waals surface area (Å²) in [5, 5.41) is 15.1. The van der Waals surface area contributed by atoms with Crippen LogP contribution in [0.15, 0.2) is 6.33 Å². The van der Waals surface area contributed by atoms with Gasteiger partial charge in [-0.05, 0) is 12.8 Å². The van der Waals surface area contributed by atoms with Crippen molar-refractivity contribution < 1.29 is 14.7 Å². The van der Waals surface area contributed by atoms with Gasteiger partial charge in [0.25, 0.3) is 0 Å². The minimum Gasteiger partial charge on any atom is -0.481 e. The number of hydrogen-bond donors (Lipinski definition) is 2. The first-order valence-corrected chi connectivity index (χ1v) is 5.71. The molecule has 1 aromatic heterocycles. The van der Waals surface area contributed by atoms with Crippen LogP contribution in [-0.2, 0) is 11.8 Å². The van der Waals surface area contributed by atoms with E-state index in [1.165, 1.54) is 11.0 Å². The second kappa shape index (κ2) is 5.03. The Balaban J connectivity index is 1.95. The molecule has 0 aromatic carbocycles. The summed E-state index contributed by atoms with van der Waals surface area (Å²) in [6.07, 6.45) is 3.13. The molecule has 8 heteroatoms. The van der Waals surface area contributed by atoms with Gasteiger partial charge in [-0.3, -0.25) is 10.1 Å². The molecule has 1 heterocycles. The number of amides is 2. The van der Waals surface area contributed by atoms with Gasteiger partial charge in [-0.15, -0.1) is 0 Å². The highest BCUT2D eigenvalue weighted by atomic mass is 16.4. The number of carbonyl (C=O) groups is 2. The topological polar surface area (TPSA) is 100 Å². The molecule has 0 spiro atoms. The summed E-state index contributed by atoms with van der Waals surface area (Å²) < 4.78 is 1.44. The maximum Gasteiger partial charge on any atom is 0.324 e. The Labute approximate surface area is 104 Å². The van der Waals surface area contributed by atoms with Gasteiger partial charge in [0.05, 0.1) is 6.42 Å². The molecule has 0 radical (unpaired) electrons. The lowest BCUT2D eigenvalue weighted by Crippen LogP contribution is -2.38. The van der Waals surface area contributed by atoms with Gasteiger partial charge < -0.3 is 10.0 Å². The van der Waals surface area contributed by atoms with Gasteiger partial charge in [-0.25, -0.2) is 9.48 Å². The van der Waals surface area contributed by atoms with E-state index < -0.39 is 5.97 Å². The number of carboxylic acid groups (broad SMARTS) is 1. The van der Waals surface area contributed by atoms with Gasteiger partial charge in [-0.2, -0.15) is 10.1 Å². The normalized spacial score (nSPS) is 14.3. The van der Waals surface area contributed by atoms with Crippen molar-refractivity contribution in [3.05, 3.63) is 6.33 Å². The number of anilines is 1. The van der Waals surface area contributed by atoms with Gasteiger partial charge in [0.15, 0.2) is 0 Å². The molecule has 8 nitrogen and oxygen atoms in total. The zero-order valence-corrected chi connectivity index (χ0v) is 10.0. The number of rotatable bonds is 5. The fraction of sp³-hybridized carbons (Fsp3) is 0.600. The summed E-state index contributed by atoms with van der Waals surface area (Å²) in [6, 6.07) is -0.174. The second-order valence-electron chi connectivity index (χ2n) is 4.21. The zero-order chi connectivity index (χ0) is 13.1. The van der Waals surface area contributed by atoms with E-state index in [9.17, 15) is 9.59 Å². The Morgan fingerprint density at radius 2 is 2.33 bits per heavy atom. The number of aromatic nitrogens is 3. The molecular weight excluding hydrogens is 238 g/mol. The average molecular weight is 253 g/mol. The van der Waals surface area contributed by atoms with E-state index in [1.54, 1.807) is 11.9 Å². The summed E-state index contributed by atoms with van der Waals surface area (Å²) in [5.74, 6) is -0.562. The standard InChI is InChI=1S/C10H15N5O3/c1-14-9(11-6-12-14)13-10(18)15(7-2-3-7)5-4-8(16)17/h6-7H,2-5H2,1H3,(H,16,17)(H,11,12,13,18). The van der Waals surface area contributed by atoms with Crippen LogP contribution in [0.4, 0.5) is 10.7 Å². The number of carbonyl (C=O) groups excluding carboxylic acids is 1. The van der Waals surface area contributed by atoms with Crippen molar-refractivity contribution in [2.45, 2.75) is 25.3 Å². The summed E-state index contributed by atoms with van der Waals surface area (Å²) in [4.78, 5) is 28.0. The number of hydrogen-bond acceptors (Lipinski definition) is 4. The van der Waals surface area contributed by atoms with Gasteiger partial charge in [-0.1, -0.05) is 0 Å². The first-order valence-electron chi connectivity index (χ1n) is 5.71. The van der Waals surface area contributed by atoms with Crippen LogP contribution in [0.3, 0.4) is 0 Å². The largest absolute Gasteiger partial charge is 0.481 e. The third kappa shape index (κ3) is 2.96. The van der Waals surface area contributed by atoms with Crippen LogP contribution in [0.1, 0.15) is 19.3 Å². The molecule has 1 saturated carbocycles. The van der Waals surface area contributed by atoms with Crippen molar-refractivity contribution in [1.29, 1.82) is 0 Å². The van der Waals surface area contributed by atoms with E-state index in [0.29, 0.717) is 5.95 Å². The van der Waals surface area contributed by atoms with E-state index >= 15 is 0 Å². The molecule has 18 heavy (non-hydrogen) atoms. The molecule has 98 valence electrons. The Hall–Kier alpha value is -2.12. The summed E-state index contributed by atoms with van der Waals surface area (Å²) in [5.41, 5.74) is 0. The lowest BCUT2D eigenvalue weighted by Gasteiger charge is -2.21. The lowest BCUT2D eigenvalue weighted by atomic mass is 10.4. The van der Waals surface area contributed by atoms with Crippen molar-refractivity contribution in [2.24, 2.45) is 7.05 Å². The molecule has 1 aromatic rings. The van der Waals surface area contributed by atoms with Crippen LogP contribution >= 0.6 is 0 Å². The second-order valence-corrected chi connectivity index (χ2v) is 4.21. The van der Waals surface area contributed by atoms with E-state index in [-0.39, 0.29) is 25.0 Å². The fourth-order valence-corrected chi connectivity index (χ4v) is 1.63. The molecule has 0 unspecified atom stereocenters. The molecule has 0 aliphatic heterocycles. The number of aryl methyl sites for hydroxylation is 1. The van der Waals surface area contributed by atoms with Crippen LogP contribution in [0.5, 0.6) is 0 Å². The minimum absolute atomic E-state index is 0.0528. The maximum absolute atomic E-state index is 12.0. The van der Waals surface area contributed by atoms with Gasteiger partial charge in [0.2, 0.25) is 5.95 Å². The SMILES string of the molecule is Cn1ncnc1NC(=O)N(CCC(=O)O)C1CC1. The Morgan fingerprint density at radius 1 is 1.61 bits per heavy atom. The third-order valence-corrected chi connectivity index (χ3v) is 2.75. The van der Waals surface area contributed by atoms with E-state index in [2.05, 4.69) is 15.4 Å². The molecule has 0 bridgehead atoms. The predicted molar refractivity (Wildman–Crippen MR) is 62.0 cm³/mol. The van der Waals surface area contributed by atoms with Crippen LogP contribution in [0.25, 0.3) is 0 Å². The number of nitrogens with zero attached hydrogens (tertiary/aromatic N) is 4. The average Bonchev–Trinajstić information content (AvgIpc) is 3.05. The van der Waals surface area contributed by atoms with Crippen LogP contribution in [0.2, 0.25) is 0 Å². The fourth-order valence-electron chi connectivity index (χ4n) is 1.63. The molecule has 2 N–H and O–H groups in total. The highest BCUT2D eigenvalue weighted by molar-refractivity contribution is 5.88. The van der Waals surface area contributed by atoms with Crippen LogP contribution in [-0.4, -0.2) is 49.4 Å². The van der Waals surface area contributed by atoms with Crippen LogP contribution < -0.4 is 5.32 Å². The first kappa shape index (κ1) is 12.3. The first-order chi connectivity index (χ1) is 8.58. The quantitative estimate of drug-likeness (QED) is 0.785. The predicted octanol–water partition coefficient (Wildman–Crippen LogP) is 0.286. The monoisotopic (exact) mass is 253 g/mol. The van der Waals surface area contributed by atoms with Crippen molar-refractivity contribution in [3.63, 3.8) is 0 Å². The molecule has 2 rings (SSSR count). The molecule has 1 aliphatic carbocycles. The van der Waals surface area contributed by atoms with Crippen molar-refractivity contribution in [3.8, 4) is 0 Å². The van der Waals surface area contributed by atoms with Crippen molar-refractivity contribution in [2.75, 3.05) is 11.9 Å². The number of aliphatic carboxylic acids is 1. The number of nitrogens with one attached hydrogen (secondary N) is 1. The Morgan fingerprint density at radius 3 is 2.83 bits per heavy atom. The van der Waals surface area contributed by atoms with Crippen LogP contribution in [0, 0.1) is 0 Å². The summed E-state index contributed by atoms with van der Waals surface area (Å²) in [6.45, 7) is 0.212. The molecule has 1 aliphatic rings. The third-order valence-electron chi connectivity index (χ3n) is 2.75. The molecule has 0 atom stereocenters. The maximum atomic E-state index is 12.0. The molecule has 1 fully saturated rings. The molecule has 2 amide bonds. The van der Waals surface area contributed by atoms with Gasteiger partial charge in [0.1, 0.15) is 6.33 Å². The summed E-state index contributed by atoms with van der Waals surface area (Å²) >= 11 is 0. The highest BCUT2D eigenvalue weighted by Crippen LogP contribution is 2.27. The van der Waals surface area contributed by atoms with Crippen molar-refractivity contribution >= 4 is 17.9 Å². The lowest BCUT2D eigenvalue weighted by molar-refractivity contribution is -0.137. The minimum atomic E-state index is -0.910. The highest BCUT2D eigenvalue weighted by Gasteiger charge is 2.33. The zero-order valence-electron chi connectivity index (χ0n) is 10.0. The molecule has 0 saturated heterocycles. The van der Waals surface area contributed by atoms with Crippen molar-refractivity contribution in [1.82, 2.24) is 19.7 Å². The van der Waals surface area contributed by atoms with E-state index in [1.807, 2.05) is 0 Å². The number of urea groups is 1. The smallest absolute Gasteiger partial charge is 0.324 e. The molecular formula is C10H15N5O3. The number of carboxylic acids is 1. The van der Waals surface area contributed by atoms with Gasteiger partial charge in [0, 0.05) is 19.6 Å². The van der Waals surface area contributed by atoms with E-state index in [0.717, 1.165) is 12.8 Å².